The van der Waals surface area contributed by atoms with Gasteiger partial charge in [-0.3, -0.25) is 0 Å². The molecule has 1 N–H and O–H groups in total. The Morgan fingerprint density at radius 2 is 1.32 bits per heavy atom. The second-order valence-electron chi connectivity index (χ2n) is 9.52. The van der Waals surface area contributed by atoms with Crippen LogP contribution in [0.3, 0.4) is 0 Å². The lowest BCUT2D eigenvalue weighted by atomic mass is 9.75. The molecule has 3 rings (SSSR count). The minimum absolute atomic E-state index is 0.215. The van der Waals surface area contributed by atoms with Gasteiger partial charge in [-0.15, -0.1) is 0 Å². The maximum atomic E-state index is 5.85. The van der Waals surface area contributed by atoms with Crippen LogP contribution < -0.4 is 14.8 Å². The molecule has 1 saturated carbocycles. The molecule has 1 aliphatic rings. The zero-order valence-corrected chi connectivity index (χ0v) is 19.9. The fourth-order valence-corrected chi connectivity index (χ4v) is 4.73. The minimum Gasteiger partial charge on any atom is -0.491 e. The largest absolute Gasteiger partial charge is 0.491 e. The Morgan fingerprint density at radius 1 is 0.774 bits per heavy atom. The monoisotopic (exact) mass is 423 g/mol. The summed E-state index contributed by atoms with van der Waals surface area (Å²) in [5.41, 5.74) is 2.78. The molecule has 2 aromatic rings. The SMILES string of the molecule is CC(C)Oc1ccc(CNCC[C@@H](c2ccc(OC(C)C)cc2)C2CCCCC2)cc1. The van der Waals surface area contributed by atoms with Crippen molar-refractivity contribution in [1.82, 2.24) is 5.32 Å². The Balaban J connectivity index is 1.55. The molecule has 0 bridgehead atoms. The lowest BCUT2D eigenvalue weighted by Crippen LogP contribution is -2.22. The topological polar surface area (TPSA) is 30.5 Å². The highest BCUT2D eigenvalue weighted by Gasteiger charge is 2.24. The van der Waals surface area contributed by atoms with Gasteiger partial charge < -0.3 is 14.8 Å². The highest BCUT2D eigenvalue weighted by atomic mass is 16.5. The van der Waals surface area contributed by atoms with Crippen molar-refractivity contribution < 1.29 is 9.47 Å². The van der Waals surface area contributed by atoms with Gasteiger partial charge in [-0.05, 0) is 101 Å². The minimum atomic E-state index is 0.215. The summed E-state index contributed by atoms with van der Waals surface area (Å²) in [7, 11) is 0. The van der Waals surface area contributed by atoms with Crippen LogP contribution in [0.25, 0.3) is 0 Å². The highest BCUT2D eigenvalue weighted by molar-refractivity contribution is 5.30. The van der Waals surface area contributed by atoms with Gasteiger partial charge >= 0.3 is 0 Å². The van der Waals surface area contributed by atoms with E-state index in [9.17, 15) is 0 Å². The zero-order chi connectivity index (χ0) is 22.1. The molecule has 1 atom stereocenters. The molecule has 1 aliphatic carbocycles. The summed E-state index contributed by atoms with van der Waals surface area (Å²) in [6, 6.07) is 17.4. The van der Waals surface area contributed by atoms with Gasteiger partial charge in [-0.25, -0.2) is 0 Å². The van der Waals surface area contributed by atoms with Crippen LogP contribution in [0.15, 0.2) is 48.5 Å². The Bertz CT molecular complexity index is 746. The third-order valence-electron chi connectivity index (χ3n) is 6.16. The van der Waals surface area contributed by atoms with Crippen LogP contribution in [0.1, 0.15) is 83.3 Å². The van der Waals surface area contributed by atoms with Crippen molar-refractivity contribution in [2.45, 2.75) is 90.9 Å². The summed E-state index contributed by atoms with van der Waals surface area (Å²) in [6.07, 6.45) is 8.52. The molecule has 1 fully saturated rings. The van der Waals surface area contributed by atoms with Gasteiger partial charge in [0.25, 0.3) is 0 Å². The molecule has 31 heavy (non-hydrogen) atoms. The molecule has 0 amide bonds. The number of hydrogen-bond acceptors (Lipinski definition) is 3. The number of benzene rings is 2. The summed E-state index contributed by atoms with van der Waals surface area (Å²) in [4.78, 5) is 0. The fourth-order valence-electron chi connectivity index (χ4n) is 4.73. The first-order valence-electron chi connectivity index (χ1n) is 12.2. The summed E-state index contributed by atoms with van der Waals surface area (Å²) in [5, 5.41) is 3.67. The first-order valence-corrected chi connectivity index (χ1v) is 12.2. The van der Waals surface area contributed by atoms with E-state index in [2.05, 4.69) is 81.5 Å². The van der Waals surface area contributed by atoms with Gasteiger partial charge in [-0.2, -0.15) is 0 Å². The van der Waals surface area contributed by atoms with E-state index in [0.717, 1.165) is 30.5 Å². The van der Waals surface area contributed by atoms with Crippen LogP contribution in [0.5, 0.6) is 11.5 Å². The van der Waals surface area contributed by atoms with Crippen molar-refractivity contribution in [3.63, 3.8) is 0 Å². The first kappa shape index (κ1) is 23.7. The Kier molecular flexibility index (Phi) is 9.27. The van der Waals surface area contributed by atoms with E-state index in [1.807, 2.05) is 0 Å². The Morgan fingerprint density at radius 3 is 1.87 bits per heavy atom. The lowest BCUT2D eigenvalue weighted by Gasteiger charge is -2.31. The molecule has 170 valence electrons. The van der Waals surface area contributed by atoms with Gasteiger partial charge in [0, 0.05) is 6.54 Å². The lowest BCUT2D eigenvalue weighted by molar-refractivity contribution is 0.242. The molecular weight excluding hydrogens is 382 g/mol. The molecule has 0 spiro atoms. The average Bonchev–Trinajstić information content (AvgIpc) is 2.75. The van der Waals surface area contributed by atoms with Crippen molar-refractivity contribution in [3.8, 4) is 11.5 Å². The molecule has 0 saturated heterocycles. The molecule has 0 aromatic heterocycles. The summed E-state index contributed by atoms with van der Waals surface area (Å²) in [6.45, 7) is 10.2. The highest BCUT2D eigenvalue weighted by Crippen LogP contribution is 2.38. The number of ether oxygens (including phenoxy) is 2. The second-order valence-corrected chi connectivity index (χ2v) is 9.52. The molecule has 0 heterocycles. The molecule has 3 nitrogen and oxygen atoms in total. The normalized spacial score (nSPS) is 15.9. The van der Waals surface area contributed by atoms with Crippen molar-refractivity contribution >= 4 is 0 Å². The van der Waals surface area contributed by atoms with E-state index in [0.29, 0.717) is 5.92 Å². The molecule has 0 unspecified atom stereocenters. The van der Waals surface area contributed by atoms with Gasteiger partial charge in [0.15, 0.2) is 0 Å². The van der Waals surface area contributed by atoms with E-state index in [1.165, 1.54) is 49.7 Å². The van der Waals surface area contributed by atoms with Crippen LogP contribution in [0, 0.1) is 5.92 Å². The van der Waals surface area contributed by atoms with E-state index in [4.69, 9.17) is 9.47 Å². The predicted molar refractivity (Wildman–Crippen MR) is 130 cm³/mol. The third-order valence-corrected chi connectivity index (χ3v) is 6.16. The van der Waals surface area contributed by atoms with E-state index >= 15 is 0 Å². The number of nitrogens with one attached hydrogen (secondary N) is 1. The molecule has 0 aliphatic heterocycles. The van der Waals surface area contributed by atoms with Crippen LogP contribution in [0.4, 0.5) is 0 Å². The van der Waals surface area contributed by atoms with Crippen LogP contribution in [0.2, 0.25) is 0 Å². The molecule has 2 aromatic carbocycles. The average molecular weight is 424 g/mol. The van der Waals surface area contributed by atoms with Crippen molar-refractivity contribution in [3.05, 3.63) is 59.7 Å². The van der Waals surface area contributed by atoms with Crippen LogP contribution >= 0.6 is 0 Å². The standard InChI is InChI=1S/C28H41NO2/c1-21(2)30-26-14-10-23(11-15-26)20-29-19-18-28(24-8-6-5-7-9-24)25-12-16-27(17-13-25)31-22(3)4/h10-17,21-22,24,28-29H,5-9,18-20H2,1-4H3/t28-/m1/s1. The van der Waals surface area contributed by atoms with Crippen molar-refractivity contribution in [2.24, 2.45) is 5.92 Å². The third kappa shape index (κ3) is 7.88. The molecule has 3 heteroatoms. The molecule has 0 radical (unpaired) electrons. The summed E-state index contributed by atoms with van der Waals surface area (Å²) < 4.78 is 11.6. The van der Waals surface area contributed by atoms with Crippen LogP contribution in [-0.4, -0.2) is 18.8 Å². The van der Waals surface area contributed by atoms with Gasteiger partial charge in [-0.1, -0.05) is 43.5 Å². The number of hydrogen-bond donors (Lipinski definition) is 1. The van der Waals surface area contributed by atoms with Gasteiger partial charge in [0.05, 0.1) is 12.2 Å². The second kappa shape index (κ2) is 12.1. The van der Waals surface area contributed by atoms with Crippen molar-refractivity contribution in [2.75, 3.05) is 6.54 Å². The summed E-state index contributed by atoms with van der Waals surface area (Å²) >= 11 is 0. The van der Waals surface area contributed by atoms with Gasteiger partial charge in [0.2, 0.25) is 0 Å². The first-order chi connectivity index (χ1) is 15.0. The maximum absolute atomic E-state index is 5.85. The maximum Gasteiger partial charge on any atom is 0.119 e. The van der Waals surface area contributed by atoms with E-state index in [-0.39, 0.29) is 12.2 Å². The van der Waals surface area contributed by atoms with E-state index < -0.39 is 0 Å². The van der Waals surface area contributed by atoms with Crippen LogP contribution in [-0.2, 0) is 6.54 Å². The summed E-state index contributed by atoms with van der Waals surface area (Å²) in [5.74, 6) is 3.35. The Labute approximate surface area is 189 Å². The fraction of sp³-hybridized carbons (Fsp3) is 0.571. The Hall–Kier alpha value is -2.00. The number of rotatable bonds is 11. The van der Waals surface area contributed by atoms with E-state index in [1.54, 1.807) is 0 Å². The quantitative estimate of drug-likeness (QED) is 0.391. The zero-order valence-electron chi connectivity index (χ0n) is 19.9. The molecular formula is C28H41NO2. The van der Waals surface area contributed by atoms with Gasteiger partial charge in [0.1, 0.15) is 11.5 Å². The predicted octanol–water partition coefficient (Wildman–Crippen LogP) is 7.10. The van der Waals surface area contributed by atoms with Crippen molar-refractivity contribution in [1.29, 1.82) is 0 Å². The smallest absolute Gasteiger partial charge is 0.119 e.